The molecule has 0 spiro atoms. The summed E-state index contributed by atoms with van der Waals surface area (Å²) in [4.78, 5) is 11.4. The van der Waals surface area contributed by atoms with E-state index in [0.29, 0.717) is 5.69 Å². The van der Waals surface area contributed by atoms with Gasteiger partial charge in [-0.1, -0.05) is 19.1 Å². The molecule has 1 N–H and O–H groups in total. The van der Waals surface area contributed by atoms with E-state index in [9.17, 15) is 4.39 Å². The van der Waals surface area contributed by atoms with Crippen LogP contribution in [0, 0.1) is 5.82 Å². The van der Waals surface area contributed by atoms with Crippen molar-refractivity contribution < 1.29 is 4.39 Å². The van der Waals surface area contributed by atoms with Gasteiger partial charge < -0.3 is 15.1 Å². The Hall–Kier alpha value is -1.09. The number of likely N-dealkylation sites (N-methyl/N-ethyl adjacent to an activating group) is 1. The zero-order chi connectivity index (χ0) is 17.6. The predicted molar refractivity (Wildman–Crippen MR) is 117 cm³/mol. The second kappa shape index (κ2) is 10.3. The van der Waals surface area contributed by atoms with E-state index in [0.717, 1.165) is 57.8 Å². The molecule has 1 heterocycles. The normalized spacial score (nSPS) is 18.1. The van der Waals surface area contributed by atoms with Crippen molar-refractivity contribution in [2.45, 2.75) is 25.8 Å². The molecule has 146 valence electrons. The lowest BCUT2D eigenvalue weighted by atomic mass is 10.2. The quantitative estimate of drug-likeness (QED) is 0.390. The van der Waals surface area contributed by atoms with E-state index in [4.69, 9.17) is 0 Å². The fourth-order valence-corrected chi connectivity index (χ4v) is 3.55. The van der Waals surface area contributed by atoms with Crippen molar-refractivity contribution in [2.75, 3.05) is 57.8 Å². The van der Waals surface area contributed by atoms with Gasteiger partial charge in [0.25, 0.3) is 0 Å². The maximum atomic E-state index is 13.9. The Balaban J connectivity index is 0.00000243. The van der Waals surface area contributed by atoms with Gasteiger partial charge >= 0.3 is 0 Å². The second-order valence-electron chi connectivity index (χ2n) is 6.76. The summed E-state index contributed by atoms with van der Waals surface area (Å²) in [6.45, 7) is 8.67. The van der Waals surface area contributed by atoms with E-state index in [-0.39, 0.29) is 29.8 Å². The fourth-order valence-electron chi connectivity index (χ4n) is 3.55. The molecule has 3 rings (SSSR count). The fraction of sp³-hybridized carbons (Fsp3) is 0.632. The average molecular weight is 475 g/mol. The van der Waals surface area contributed by atoms with Gasteiger partial charge in [0.05, 0.1) is 5.69 Å². The molecule has 0 radical (unpaired) electrons. The molecule has 0 unspecified atom stereocenters. The van der Waals surface area contributed by atoms with E-state index in [1.807, 2.05) is 19.2 Å². The number of anilines is 1. The van der Waals surface area contributed by atoms with E-state index in [1.54, 1.807) is 6.07 Å². The molecule has 1 aliphatic carbocycles. The van der Waals surface area contributed by atoms with Crippen molar-refractivity contribution >= 4 is 35.6 Å². The summed E-state index contributed by atoms with van der Waals surface area (Å²) in [5.74, 6) is 0.818. The third kappa shape index (κ3) is 5.45. The first kappa shape index (κ1) is 21.2. The number of nitrogens with one attached hydrogen (secondary N) is 1. The third-order valence-corrected chi connectivity index (χ3v) is 5.14. The van der Waals surface area contributed by atoms with Crippen molar-refractivity contribution in [1.29, 1.82) is 0 Å². The Labute approximate surface area is 173 Å². The van der Waals surface area contributed by atoms with Crippen LogP contribution in [0.25, 0.3) is 0 Å². The van der Waals surface area contributed by atoms with Gasteiger partial charge in [0.15, 0.2) is 5.96 Å². The molecule has 7 heteroatoms. The van der Waals surface area contributed by atoms with Crippen LogP contribution >= 0.6 is 24.0 Å². The van der Waals surface area contributed by atoms with Crippen molar-refractivity contribution in [3.8, 4) is 0 Å². The largest absolute Gasteiger partial charge is 0.366 e. The highest BCUT2D eigenvalue weighted by Crippen LogP contribution is 2.25. The van der Waals surface area contributed by atoms with Crippen LogP contribution in [-0.2, 0) is 0 Å². The molecular formula is C19H31FIN5. The molecule has 0 amide bonds. The van der Waals surface area contributed by atoms with E-state index < -0.39 is 0 Å². The lowest BCUT2D eigenvalue weighted by Crippen LogP contribution is -2.53. The smallest absolute Gasteiger partial charge is 0.193 e. The zero-order valence-corrected chi connectivity index (χ0v) is 18.2. The first-order valence-electron chi connectivity index (χ1n) is 9.42. The van der Waals surface area contributed by atoms with Gasteiger partial charge in [0.2, 0.25) is 0 Å². The minimum Gasteiger partial charge on any atom is -0.366 e. The van der Waals surface area contributed by atoms with Crippen LogP contribution in [0.5, 0.6) is 0 Å². The van der Waals surface area contributed by atoms with Gasteiger partial charge in [-0.05, 0) is 31.5 Å². The zero-order valence-electron chi connectivity index (χ0n) is 15.8. The summed E-state index contributed by atoms with van der Waals surface area (Å²) in [5, 5.41) is 3.49. The minimum atomic E-state index is -0.141. The number of rotatable bonds is 6. The number of hydrogen-bond donors (Lipinski definition) is 1. The van der Waals surface area contributed by atoms with Gasteiger partial charge in [-0.15, -0.1) is 24.0 Å². The summed E-state index contributed by atoms with van der Waals surface area (Å²) < 4.78 is 13.9. The molecule has 1 saturated carbocycles. The van der Waals surface area contributed by atoms with Crippen LogP contribution < -0.4 is 10.2 Å². The Morgan fingerprint density at radius 3 is 2.50 bits per heavy atom. The second-order valence-corrected chi connectivity index (χ2v) is 6.76. The molecule has 2 fully saturated rings. The van der Waals surface area contributed by atoms with Gasteiger partial charge in [-0.3, -0.25) is 9.89 Å². The SMILES string of the molecule is CCN(CCNC(=NC)N1CCN(c2ccccc2F)CC1)C1CC1.I. The molecule has 0 aromatic heterocycles. The first-order chi connectivity index (χ1) is 12.2. The molecule has 2 aliphatic rings. The van der Waals surface area contributed by atoms with Gasteiger partial charge in [-0.25, -0.2) is 4.39 Å². The van der Waals surface area contributed by atoms with Gasteiger partial charge in [0.1, 0.15) is 5.82 Å². The standard InChI is InChI=1S/C19H30FN5.HI/c1-3-23(16-8-9-16)11-10-22-19(21-2)25-14-12-24(13-15-25)18-7-5-4-6-17(18)20;/h4-7,16H,3,8-15H2,1-2H3,(H,21,22);1H. The summed E-state index contributed by atoms with van der Waals surface area (Å²) in [5.41, 5.74) is 0.702. The number of piperazine rings is 1. The predicted octanol–water partition coefficient (Wildman–Crippen LogP) is 2.63. The maximum Gasteiger partial charge on any atom is 0.193 e. The molecule has 1 aliphatic heterocycles. The number of para-hydroxylation sites is 1. The lowest BCUT2D eigenvalue weighted by molar-refractivity contribution is 0.279. The first-order valence-corrected chi connectivity index (χ1v) is 9.42. The van der Waals surface area contributed by atoms with E-state index >= 15 is 0 Å². The molecule has 26 heavy (non-hydrogen) atoms. The van der Waals surface area contributed by atoms with Crippen LogP contribution in [0.4, 0.5) is 10.1 Å². The van der Waals surface area contributed by atoms with E-state index in [2.05, 4.69) is 31.9 Å². The van der Waals surface area contributed by atoms with Crippen molar-refractivity contribution in [3.63, 3.8) is 0 Å². The molecule has 0 atom stereocenters. The van der Waals surface area contributed by atoms with Gasteiger partial charge in [0, 0.05) is 52.4 Å². The van der Waals surface area contributed by atoms with Crippen LogP contribution in [0.3, 0.4) is 0 Å². The molecule has 1 saturated heterocycles. The van der Waals surface area contributed by atoms with Crippen LogP contribution in [0.2, 0.25) is 0 Å². The Morgan fingerprint density at radius 1 is 1.23 bits per heavy atom. The molecule has 1 aromatic carbocycles. The third-order valence-electron chi connectivity index (χ3n) is 5.14. The highest BCUT2D eigenvalue weighted by Gasteiger charge is 2.27. The minimum absolute atomic E-state index is 0. The monoisotopic (exact) mass is 475 g/mol. The molecule has 0 bridgehead atoms. The summed E-state index contributed by atoms with van der Waals surface area (Å²) in [7, 11) is 1.84. The Bertz CT molecular complexity index is 585. The molecular weight excluding hydrogens is 444 g/mol. The van der Waals surface area contributed by atoms with E-state index in [1.165, 1.54) is 18.9 Å². The van der Waals surface area contributed by atoms with Gasteiger partial charge in [-0.2, -0.15) is 0 Å². The number of nitrogens with zero attached hydrogens (tertiary/aromatic N) is 4. The summed E-state index contributed by atoms with van der Waals surface area (Å²) in [6.07, 6.45) is 2.70. The average Bonchev–Trinajstić information content (AvgIpc) is 3.48. The van der Waals surface area contributed by atoms with Crippen molar-refractivity contribution in [2.24, 2.45) is 4.99 Å². The van der Waals surface area contributed by atoms with Crippen LogP contribution in [0.1, 0.15) is 19.8 Å². The van der Waals surface area contributed by atoms with Crippen molar-refractivity contribution in [1.82, 2.24) is 15.1 Å². The molecule has 5 nitrogen and oxygen atoms in total. The summed E-state index contributed by atoms with van der Waals surface area (Å²) in [6, 6.07) is 7.82. The maximum absolute atomic E-state index is 13.9. The number of benzene rings is 1. The Morgan fingerprint density at radius 2 is 1.92 bits per heavy atom. The number of aliphatic imine (C=N–C) groups is 1. The highest BCUT2D eigenvalue weighted by molar-refractivity contribution is 14.0. The highest BCUT2D eigenvalue weighted by atomic mass is 127. The number of hydrogen-bond acceptors (Lipinski definition) is 3. The molecule has 1 aromatic rings. The van der Waals surface area contributed by atoms with Crippen molar-refractivity contribution in [3.05, 3.63) is 30.1 Å². The number of guanidine groups is 1. The van der Waals surface area contributed by atoms with Crippen LogP contribution in [0.15, 0.2) is 29.3 Å². The summed E-state index contributed by atoms with van der Waals surface area (Å²) >= 11 is 0. The lowest BCUT2D eigenvalue weighted by Gasteiger charge is -2.38. The topological polar surface area (TPSA) is 34.1 Å². The van der Waals surface area contributed by atoms with Crippen LogP contribution in [-0.4, -0.2) is 74.7 Å². The number of halogens is 2. The Kier molecular flexibility index (Phi) is 8.40.